The highest BCUT2D eigenvalue weighted by molar-refractivity contribution is 9.08. The van der Waals surface area contributed by atoms with Gasteiger partial charge >= 0.3 is 44.5 Å². The lowest BCUT2D eigenvalue weighted by atomic mass is 10.2. The number of ether oxygens (including phenoxy) is 4. The Morgan fingerprint density at radius 1 is 0.648 bits per heavy atom. The number of esters is 2. The fourth-order valence-corrected chi connectivity index (χ4v) is 9.84. The lowest BCUT2D eigenvalue weighted by molar-refractivity contribution is 0.0183. The number of anilines is 2. The summed E-state index contributed by atoms with van der Waals surface area (Å²) in [6.45, 7) is 12.2. The van der Waals surface area contributed by atoms with Crippen molar-refractivity contribution in [2.75, 3.05) is 75.6 Å². The number of pyridine rings is 2. The molecule has 0 radical (unpaired) electrons. The summed E-state index contributed by atoms with van der Waals surface area (Å²) >= 11 is 15.3. The minimum atomic E-state index is -4.01. The van der Waals surface area contributed by atoms with Crippen molar-refractivity contribution in [3.05, 3.63) is 118 Å². The summed E-state index contributed by atoms with van der Waals surface area (Å²) in [5, 5.41) is 1.52. The van der Waals surface area contributed by atoms with E-state index in [1.165, 1.54) is 61.5 Å². The molecular formula is C46H59BrCl2N8O12S2. The van der Waals surface area contributed by atoms with Crippen molar-refractivity contribution >= 4 is 95.1 Å². The zero-order valence-corrected chi connectivity index (χ0v) is 45.4. The van der Waals surface area contributed by atoms with E-state index in [0.717, 1.165) is 5.69 Å². The Hall–Kier alpha value is -5.30. The third kappa shape index (κ3) is 18.4. The Morgan fingerprint density at radius 3 is 1.51 bits per heavy atom. The molecule has 2 aliphatic rings. The van der Waals surface area contributed by atoms with E-state index < -0.39 is 49.8 Å². The first-order chi connectivity index (χ1) is 33.2. The number of rotatable bonds is 11. The van der Waals surface area contributed by atoms with Gasteiger partial charge in [-0.2, -0.15) is 25.4 Å². The normalized spacial score (nSPS) is 14.6. The standard InChI is InChI=1S/C23H29ClN4O6S.C15H22ClN3O4S.C8H8BrNO2/c1-23(2,3)34-22(30)26-10-12-27(13-11-26)35(31,32)28(20-7-5-6-18(24)14-20)16-19-9-8-17(15-25-19)21(29)33-4;1-15(2,3)23-14(20)18-7-9-19(10-8-18)24(21,22)17-13-6-4-5-12(16)11-13;1-12-8(11)6-2-3-7(4-9)10-5-6/h5-9,14-15H,10-13,16H2,1-4H3;4-6,11,17H,7-10H2,1-3H3;2-3,5H,4H2,1H3. The molecule has 4 heterocycles. The first kappa shape index (κ1) is 58.3. The third-order valence-electron chi connectivity index (χ3n) is 9.83. The highest BCUT2D eigenvalue weighted by Gasteiger charge is 2.36. The summed E-state index contributed by atoms with van der Waals surface area (Å²) in [5.74, 6) is -0.894. The van der Waals surface area contributed by atoms with Gasteiger partial charge in [0, 0.05) is 80.1 Å². The molecule has 0 saturated carbocycles. The van der Waals surface area contributed by atoms with E-state index in [1.807, 2.05) is 0 Å². The van der Waals surface area contributed by atoms with Gasteiger partial charge in [-0.05, 0) is 102 Å². The van der Waals surface area contributed by atoms with Gasteiger partial charge in [-0.25, -0.2) is 19.2 Å². The van der Waals surface area contributed by atoms with Crippen LogP contribution in [0.3, 0.4) is 0 Å². The molecule has 2 amide bonds. The summed E-state index contributed by atoms with van der Waals surface area (Å²) in [7, 11) is -5.08. The molecule has 1 N–H and O–H groups in total. The molecule has 0 unspecified atom stereocenters. The number of carbonyl (C=O) groups is 4. The molecule has 2 saturated heterocycles. The molecule has 6 rings (SSSR count). The van der Waals surface area contributed by atoms with Crippen LogP contribution in [-0.4, -0.2) is 147 Å². The minimum absolute atomic E-state index is 0.0869. The number of hydrogen-bond donors (Lipinski definition) is 1. The van der Waals surface area contributed by atoms with Crippen LogP contribution in [0.1, 0.15) is 73.6 Å². The Labute approximate surface area is 434 Å². The summed E-state index contributed by atoms with van der Waals surface area (Å²) in [6.07, 6.45) is 1.94. The molecule has 2 aromatic carbocycles. The second-order valence-corrected chi connectivity index (χ2v) is 22.5. The summed E-state index contributed by atoms with van der Waals surface area (Å²) in [4.78, 5) is 58.3. The molecule has 0 spiro atoms. The number of hydrogen-bond acceptors (Lipinski definition) is 14. The molecule has 0 atom stereocenters. The van der Waals surface area contributed by atoms with Crippen molar-refractivity contribution in [3.8, 4) is 0 Å². The maximum atomic E-state index is 13.7. The van der Waals surface area contributed by atoms with Crippen LogP contribution in [0.4, 0.5) is 21.0 Å². The van der Waals surface area contributed by atoms with Crippen LogP contribution in [0.5, 0.6) is 0 Å². The van der Waals surface area contributed by atoms with E-state index >= 15 is 0 Å². The SMILES string of the molecule is CC(C)(C)OC(=O)N1CCN(S(=O)(=O)Nc2cccc(Cl)c2)CC1.COC(=O)c1ccc(CBr)nc1.COC(=O)c1ccc(CN(c2cccc(Cl)c2)S(=O)(=O)N2CCN(C(=O)OC(C)(C)C)CC2)nc1. The third-order valence-corrected chi connectivity index (χ3v) is 14.3. The lowest BCUT2D eigenvalue weighted by Gasteiger charge is -2.37. The number of nitrogens with one attached hydrogen (secondary N) is 1. The fourth-order valence-electron chi connectivity index (χ4n) is 6.35. The fraction of sp³-hybridized carbons (Fsp3) is 0.435. The molecule has 388 valence electrons. The van der Waals surface area contributed by atoms with E-state index in [0.29, 0.717) is 38.0 Å². The molecule has 0 bridgehead atoms. The molecule has 2 fully saturated rings. The first-order valence-corrected chi connectivity index (χ1v) is 26.6. The van der Waals surface area contributed by atoms with Crippen molar-refractivity contribution in [1.29, 1.82) is 0 Å². The van der Waals surface area contributed by atoms with Crippen LogP contribution in [0.25, 0.3) is 0 Å². The van der Waals surface area contributed by atoms with Gasteiger partial charge in [-0.1, -0.05) is 51.3 Å². The van der Waals surface area contributed by atoms with E-state index in [-0.39, 0.29) is 70.4 Å². The number of aromatic nitrogens is 2. The minimum Gasteiger partial charge on any atom is -0.465 e. The number of amides is 2. The van der Waals surface area contributed by atoms with Crippen LogP contribution in [0.2, 0.25) is 10.0 Å². The van der Waals surface area contributed by atoms with Gasteiger partial charge in [-0.15, -0.1) is 0 Å². The van der Waals surface area contributed by atoms with Gasteiger partial charge in [0.25, 0.3) is 0 Å². The second kappa shape index (κ2) is 25.9. The predicted molar refractivity (Wildman–Crippen MR) is 273 cm³/mol. The number of nitrogens with zero attached hydrogens (tertiary/aromatic N) is 7. The van der Waals surface area contributed by atoms with Gasteiger partial charge in [0.05, 0.1) is 54.7 Å². The molecule has 2 aliphatic heterocycles. The van der Waals surface area contributed by atoms with Gasteiger partial charge in [0.1, 0.15) is 11.2 Å². The molecule has 20 nitrogen and oxygen atoms in total. The highest BCUT2D eigenvalue weighted by Crippen LogP contribution is 2.27. The second-order valence-electron chi connectivity index (χ2n) is 17.5. The average Bonchev–Trinajstić information content (AvgIpc) is 3.32. The van der Waals surface area contributed by atoms with Crippen LogP contribution in [0, 0.1) is 0 Å². The van der Waals surface area contributed by atoms with Crippen molar-refractivity contribution in [2.24, 2.45) is 0 Å². The molecule has 71 heavy (non-hydrogen) atoms. The van der Waals surface area contributed by atoms with Crippen molar-refractivity contribution in [2.45, 2.75) is 64.6 Å². The van der Waals surface area contributed by atoms with Gasteiger partial charge in [-0.3, -0.25) is 19.0 Å². The van der Waals surface area contributed by atoms with Crippen LogP contribution >= 0.6 is 39.1 Å². The zero-order valence-electron chi connectivity index (χ0n) is 40.6. The van der Waals surface area contributed by atoms with Crippen LogP contribution < -0.4 is 9.03 Å². The van der Waals surface area contributed by atoms with Gasteiger partial charge < -0.3 is 28.7 Å². The summed E-state index contributed by atoms with van der Waals surface area (Å²) in [6, 6.07) is 19.6. The van der Waals surface area contributed by atoms with E-state index in [4.69, 9.17) is 32.7 Å². The van der Waals surface area contributed by atoms with Crippen molar-refractivity contribution < 1.29 is 55.0 Å². The Balaban J connectivity index is 0.000000261. The van der Waals surface area contributed by atoms with Gasteiger partial charge in [0.15, 0.2) is 0 Å². The lowest BCUT2D eigenvalue weighted by Crippen LogP contribution is -2.54. The molecular weight excluding hydrogens is 1070 g/mol. The van der Waals surface area contributed by atoms with Crippen LogP contribution in [0.15, 0.2) is 85.2 Å². The molecule has 0 aliphatic carbocycles. The largest absolute Gasteiger partial charge is 0.465 e. The van der Waals surface area contributed by atoms with E-state index in [9.17, 15) is 36.0 Å². The number of benzene rings is 2. The Kier molecular flexibility index (Phi) is 21.2. The summed E-state index contributed by atoms with van der Waals surface area (Å²) < 4.78 is 78.4. The number of halogens is 3. The quantitative estimate of drug-likeness (QED) is 0.0865. The molecule has 4 aromatic rings. The number of carbonyl (C=O) groups excluding carboxylic acids is 4. The van der Waals surface area contributed by atoms with Crippen molar-refractivity contribution in [1.82, 2.24) is 28.4 Å². The topological polar surface area (TPSA) is 227 Å². The highest BCUT2D eigenvalue weighted by atomic mass is 79.9. The first-order valence-electron chi connectivity index (χ1n) is 21.9. The maximum absolute atomic E-state index is 13.7. The predicted octanol–water partition coefficient (Wildman–Crippen LogP) is 7.64. The zero-order chi connectivity index (χ0) is 52.7. The van der Waals surface area contributed by atoms with Crippen molar-refractivity contribution in [3.63, 3.8) is 0 Å². The smallest absolute Gasteiger partial charge is 0.410 e. The maximum Gasteiger partial charge on any atom is 0.410 e. The number of piperazine rings is 2. The monoisotopic (exact) mass is 1130 g/mol. The Morgan fingerprint density at radius 2 is 1.10 bits per heavy atom. The van der Waals surface area contributed by atoms with Gasteiger partial charge in [0.2, 0.25) is 0 Å². The average molecular weight is 1130 g/mol. The molecule has 25 heteroatoms. The van der Waals surface area contributed by atoms with Crippen LogP contribution in [-0.2, 0) is 51.2 Å². The van der Waals surface area contributed by atoms with E-state index in [1.54, 1.807) is 102 Å². The van der Waals surface area contributed by atoms with E-state index in [2.05, 4.69) is 40.1 Å². The Bertz CT molecular complexity index is 2660. The molecule has 2 aromatic heterocycles. The summed E-state index contributed by atoms with van der Waals surface area (Å²) in [5.41, 5.74) is 1.60. The number of methoxy groups -OCH3 is 2. The number of alkyl halides is 1.